The largest absolute Gasteiger partial charge is 0.324 e. The highest BCUT2D eigenvalue weighted by atomic mass is 16.2. The molecule has 0 bridgehead atoms. The SMILES string of the molecule is CC(C)C(C(=O)Nc1ccc(-c2ccccc2)cc1)N1C(=O)c2ccccc2C1=O. The summed E-state index contributed by atoms with van der Waals surface area (Å²) in [6.07, 6.45) is 0. The van der Waals surface area contributed by atoms with Gasteiger partial charge >= 0.3 is 0 Å². The van der Waals surface area contributed by atoms with Crippen molar-refractivity contribution in [2.24, 2.45) is 5.92 Å². The van der Waals surface area contributed by atoms with E-state index in [1.54, 1.807) is 24.3 Å². The number of benzene rings is 3. The molecule has 3 aromatic rings. The van der Waals surface area contributed by atoms with Crippen LogP contribution >= 0.6 is 0 Å². The second kappa shape index (κ2) is 7.95. The number of fused-ring (bicyclic) bond motifs is 1. The number of nitrogens with zero attached hydrogens (tertiary/aromatic N) is 1. The van der Waals surface area contributed by atoms with Gasteiger partial charge in [-0.25, -0.2) is 0 Å². The topological polar surface area (TPSA) is 66.5 Å². The minimum absolute atomic E-state index is 0.240. The Kier molecular flexibility index (Phi) is 5.19. The quantitative estimate of drug-likeness (QED) is 0.638. The van der Waals surface area contributed by atoms with Gasteiger partial charge in [0.25, 0.3) is 11.8 Å². The van der Waals surface area contributed by atoms with E-state index < -0.39 is 17.9 Å². The van der Waals surface area contributed by atoms with Gasteiger partial charge in [-0.05, 0) is 41.3 Å². The smallest absolute Gasteiger partial charge is 0.262 e. The fourth-order valence-electron chi connectivity index (χ4n) is 3.77. The van der Waals surface area contributed by atoms with Gasteiger partial charge < -0.3 is 5.32 Å². The first-order valence-corrected chi connectivity index (χ1v) is 9.90. The highest BCUT2D eigenvalue weighted by Crippen LogP contribution is 2.28. The molecule has 0 fully saturated rings. The molecule has 5 heteroatoms. The maximum atomic E-state index is 13.1. The van der Waals surface area contributed by atoms with Crippen LogP contribution < -0.4 is 5.32 Å². The summed E-state index contributed by atoms with van der Waals surface area (Å²) in [4.78, 5) is 39.8. The van der Waals surface area contributed by atoms with E-state index >= 15 is 0 Å². The molecule has 1 aliphatic rings. The summed E-state index contributed by atoms with van der Waals surface area (Å²) in [5, 5.41) is 2.86. The van der Waals surface area contributed by atoms with Gasteiger partial charge in [-0.3, -0.25) is 19.3 Å². The van der Waals surface area contributed by atoms with Gasteiger partial charge in [0.1, 0.15) is 6.04 Å². The van der Waals surface area contributed by atoms with Crippen LogP contribution in [0.15, 0.2) is 78.9 Å². The summed E-state index contributed by atoms with van der Waals surface area (Å²) in [5.41, 5.74) is 3.42. The molecule has 0 saturated carbocycles. The lowest BCUT2D eigenvalue weighted by Gasteiger charge is -2.28. The van der Waals surface area contributed by atoms with E-state index in [-0.39, 0.29) is 11.8 Å². The summed E-state index contributed by atoms with van der Waals surface area (Å²) in [6.45, 7) is 3.65. The molecule has 1 heterocycles. The van der Waals surface area contributed by atoms with Crippen molar-refractivity contribution in [3.05, 3.63) is 90.0 Å². The van der Waals surface area contributed by atoms with Crippen molar-refractivity contribution >= 4 is 23.4 Å². The molecule has 3 aromatic carbocycles. The molecule has 4 rings (SSSR count). The van der Waals surface area contributed by atoms with E-state index in [1.807, 2.05) is 68.4 Å². The zero-order chi connectivity index (χ0) is 21.3. The number of carbonyl (C=O) groups is 3. The Hall–Kier alpha value is -3.73. The monoisotopic (exact) mass is 398 g/mol. The number of amides is 3. The van der Waals surface area contributed by atoms with Crippen molar-refractivity contribution in [1.29, 1.82) is 0 Å². The Morgan fingerprint density at radius 2 is 1.23 bits per heavy atom. The number of nitrogens with one attached hydrogen (secondary N) is 1. The van der Waals surface area contributed by atoms with Gasteiger partial charge in [0.15, 0.2) is 0 Å². The number of carbonyl (C=O) groups excluding carboxylic acids is 3. The van der Waals surface area contributed by atoms with Crippen LogP contribution in [0.25, 0.3) is 11.1 Å². The predicted octanol–water partition coefficient (Wildman–Crippen LogP) is 4.61. The Balaban J connectivity index is 1.55. The maximum Gasteiger partial charge on any atom is 0.262 e. The molecule has 0 radical (unpaired) electrons. The van der Waals surface area contributed by atoms with Gasteiger partial charge in [0.2, 0.25) is 5.91 Å². The third-order valence-electron chi connectivity index (χ3n) is 5.26. The van der Waals surface area contributed by atoms with Crippen molar-refractivity contribution in [3.8, 4) is 11.1 Å². The molecule has 1 atom stereocenters. The molecule has 30 heavy (non-hydrogen) atoms. The first-order chi connectivity index (χ1) is 14.5. The average Bonchev–Trinajstić information content (AvgIpc) is 3.00. The molecule has 1 unspecified atom stereocenters. The molecule has 150 valence electrons. The molecule has 0 aliphatic carbocycles. The van der Waals surface area contributed by atoms with Gasteiger partial charge in [0.05, 0.1) is 11.1 Å². The van der Waals surface area contributed by atoms with Gasteiger partial charge in [-0.2, -0.15) is 0 Å². The van der Waals surface area contributed by atoms with Gasteiger partial charge in [0, 0.05) is 5.69 Å². The number of anilines is 1. The summed E-state index contributed by atoms with van der Waals surface area (Å²) in [5.74, 6) is -1.48. The standard InChI is InChI=1S/C25H22N2O3/c1-16(2)22(27-24(29)20-10-6-7-11-21(20)25(27)30)23(28)26-19-14-12-18(13-15-19)17-8-4-3-5-9-17/h3-16,22H,1-2H3,(H,26,28). The zero-order valence-electron chi connectivity index (χ0n) is 16.8. The second-order valence-corrected chi connectivity index (χ2v) is 7.65. The van der Waals surface area contributed by atoms with E-state index in [9.17, 15) is 14.4 Å². The summed E-state index contributed by atoms with van der Waals surface area (Å²) >= 11 is 0. The highest BCUT2D eigenvalue weighted by Gasteiger charge is 2.43. The number of rotatable bonds is 5. The molecule has 0 spiro atoms. The van der Waals surface area contributed by atoms with Crippen LogP contribution in [0, 0.1) is 5.92 Å². The lowest BCUT2D eigenvalue weighted by atomic mass is 10.0. The predicted molar refractivity (Wildman–Crippen MR) is 116 cm³/mol. The first-order valence-electron chi connectivity index (χ1n) is 9.90. The molecule has 5 nitrogen and oxygen atoms in total. The normalized spacial score (nSPS) is 14.0. The fourth-order valence-corrected chi connectivity index (χ4v) is 3.77. The Labute approximate surface area is 175 Å². The number of hydrogen-bond donors (Lipinski definition) is 1. The molecule has 0 saturated heterocycles. The second-order valence-electron chi connectivity index (χ2n) is 7.65. The van der Waals surface area contributed by atoms with Crippen molar-refractivity contribution in [1.82, 2.24) is 4.90 Å². The van der Waals surface area contributed by atoms with Gasteiger partial charge in [-0.1, -0.05) is 68.4 Å². The van der Waals surface area contributed by atoms with Crippen LogP contribution in [0.2, 0.25) is 0 Å². The van der Waals surface area contributed by atoms with E-state index in [0.29, 0.717) is 16.8 Å². The van der Waals surface area contributed by atoms with E-state index in [4.69, 9.17) is 0 Å². The summed E-state index contributed by atoms with van der Waals surface area (Å²) in [7, 11) is 0. The lowest BCUT2D eigenvalue weighted by Crippen LogP contribution is -2.50. The van der Waals surface area contributed by atoms with Crippen LogP contribution in [-0.2, 0) is 4.79 Å². The first kappa shape index (κ1) is 19.6. The van der Waals surface area contributed by atoms with Crippen LogP contribution in [0.4, 0.5) is 5.69 Å². The van der Waals surface area contributed by atoms with Crippen molar-refractivity contribution < 1.29 is 14.4 Å². The van der Waals surface area contributed by atoms with Crippen molar-refractivity contribution in [3.63, 3.8) is 0 Å². The lowest BCUT2D eigenvalue weighted by molar-refractivity contribution is -0.121. The zero-order valence-corrected chi connectivity index (χ0v) is 16.8. The van der Waals surface area contributed by atoms with Crippen LogP contribution in [0.1, 0.15) is 34.6 Å². The minimum atomic E-state index is -0.897. The van der Waals surface area contributed by atoms with Crippen molar-refractivity contribution in [2.75, 3.05) is 5.32 Å². The molecular weight excluding hydrogens is 376 g/mol. The van der Waals surface area contributed by atoms with Crippen LogP contribution in [0.5, 0.6) is 0 Å². The van der Waals surface area contributed by atoms with E-state index in [0.717, 1.165) is 16.0 Å². The molecule has 1 N–H and O–H groups in total. The van der Waals surface area contributed by atoms with Gasteiger partial charge in [-0.15, -0.1) is 0 Å². The molecular formula is C25H22N2O3. The highest BCUT2D eigenvalue weighted by molar-refractivity contribution is 6.23. The minimum Gasteiger partial charge on any atom is -0.324 e. The fraction of sp³-hybridized carbons (Fsp3) is 0.160. The van der Waals surface area contributed by atoms with Crippen LogP contribution in [-0.4, -0.2) is 28.7 Å². The third-order valence-corrected chi connectivity index (χ3v) is 5.26. The van der Waals surface area contributed by atoms with E-state index in [2.05, 4.69) is 5.32 Å². The Bertz CT molecular complexity index is 1070. The maximum absolute atomic E-state index is 13.1. The Morgan fingerprint density at radius 1 is 0.733 bits per heavy atom. The molecule has 1 aliphatic heterocycles. The third kappa shape index (κ3) is 3.50. The summed E-state index contributed by atoms with van der Waals surface area (Å²) in [6, 6.07) is 23.2. The van der Waals surface area contributed by atoms with Crippen LogP contribution in [0.3, 0.4) is 0 Å². The number of imide groups is 1. The summed E-state index contributed by atoms with van der Waals surface area (Å²) < 4.78 is 0. The Morgan fingerprint density at radius 3 is 1.77 bits per heavy atom. The van der Waals surface area contributed by atoms with Crippen molar-refractivity contribution in [2.45, 2.75) is 19.9 Å². The average molecular weight is 398 g/mol. The molecule has 0 aromatic heterocycles. The molecule has 3 amide bonds. The number of hydrogen-bond acceptors (Lipinski definition) is 3. The van der Waals surface area contributed by atoms with E-state index in [1.165, 1.54) is 0 Å².